The third kappa shape index (κ3) is 6.06. The number of rotatable bonds is 7. The van der Waals surface area contributed by atoms with Crippen LogP contribution in [0.5, 0.6) is 0 Å². The summed E-state index contributed by atoms with van der Waals surface area (Å²) in [6.45, 7) is 0. The van der Waals surface area contributed by atoms with Crippen molar-refractivity contribution in [1.29, 1.82) is 0 Å². The van der Waals surface area contributed by atoms with Crippen LogP contribution in [0.15, 0.2) is 206 Å². The Kier molecular flexibility index (Phi) is 8.12. The summed E-state index contributed by atoms with van der Waals surface area (Å²) in [7, 11) is 0. The molecule has 0 N–H and O–H groups in total. The lowest BCUT2D eigenvalue weighted by Crippen LogP contribution is -2.02. The summed E-state index contributed by atoms with van der Waals surface area (Å²) in [6, 6.07) is 72.3. The zero-order valence-electron chi connectivity index (χ0n) is 29.9. The first-order valence-corrected chi connectivity index (χ1v) is 18.5. The largest absolute Gasteiger partial charge is 0.309 e. The van der Waals surface area contributed by atoms with Crippen molar-refractivity contribution in [1.82, 2.24) is 19.5 Å². The third-order valence-corrected chi connectivity index (χ3v) is 10.3. The predicted molar refractivity (Wildman–Crippen MR) is 227 cm³/mol. The molecule has 0 unspecified atom stereocenters. The molecular weight excluding hydrogens is 669 g/mol. The van der Waals surface area contributed by atoms with Crippen molar-refractivity contribution >= 4 is 21.8 Å². The molecular formula is C51H34N4. The molecule has 8 aromatic carbocycles. The number of hydrogen-bond donors (Lipinski definition) is 0. The first-order chi connectivity index (χ1) is 27.3. The molecule has 2 heterocycles. The molecule has 4 nitrogen and oxygen atoms in total. The van der Waals surface area contributed by atoms with E-state index in [0.29, 0.717) is 17.5 Å². The maximum Gasteiger partial charge on any atom is 0.164 e. The van der Waals surface area contributed by atoms with Crippen molar-refractivity contribution in [2.45, 2.75) is 0 Å². The average Bonchev–Trinajstić information content (AvgIpc) is 3.61. The zero-order valence-corrected chi connectivity index (χ0v) is 29.9. The van der Waals surface area contributed by atoms with Gasteiger partial charge >= 0.3 is 0 Å². The summed E-state index contributed by atoms with van der Waals surface area (Å²) >= 11 is 0. The Morgan fingerprint density at radius 3 is 1.33 bits per heavy atom. The fraction of sp³-hybridized carbons (Fsp3) is 0. The minimum absolute atomic E-state index is 0.614. The van der Waals surface area contributed by atoms with Crippen LogP contribution in [0.25, 0.3) is 95.0 Å². The van der Waals surface area contributed by atoms with Gasteiger partial charge in [0.25, 0.3) is 0 Å². The molecule has 10 rings (SSSR count). The molecule has 0 radical (unpaired) electrons. The molecule has 0 aliphatic heterocycles. The fourth-order valence-corrected chi connectivity index (χ4v) is 7.55. The minimum atomic E-state index is 0.614. The van der Waals surface area contributed by atoms with E-state index in [0.717, 1.165) is 50.1 Å². The van der Waals surface area contributed by atoms with E-state index in [1.807, 2.05) is 36.4 Å². The van der Waals surface area contributed by atoms with E-state index in [4.69, 9.17) is 15.0 Å². The van der Waals surface area contributed by atoms with Crippen molar-refractivity contribution in [3.05, 3.63) is 206 Å². The molecule has 0 spiro atoms. The van der Waals surface area contributed by atoms with E-state index in [1.54, 1.807) is 0 Å². The highest BCUT2D eigenvalue weighted by molar-refractivity contribution is 6.10. The highest BCUT2D eigenvalue weighted by atomic mass is 15.0. The fourth-order valence-electron chi connectivity index (χ4n) is 7.55. The van der Waals surface area contributed by atoms with Gasteiger partial charge in [-0.2, -0.15) is 0 Å². The molecule has 55 heavy (non-hydrogen) atoms. The van der Waals surface area contributed by atoms with Crippen molar-refractivity contribution < 1.29 is 0 Å². The standard InChI is InChI=1S/C51H34N4/c1-5-15-35(16-6-1)37-25-27-40(28-26-37)50-52-49(39-21-11-4-12-22-39)53-51(54-50)42-30-31-43(38-19-9-3-10-20-38)47(34-42)55-46-24-14-13-23-44(46)45-32-29-41(33-48(45)55)36-17-7-2-8-18-36/h1-34H. The van der Waals surface area contributed by atoms with Gasteiger partial charge in [-0.1, -0.05) is 188 Å². The summed E-state index contributed by atoms with van der Waals surface area (Å²) in [5.74, 6) is 1.87. The van der Waals surface area contributed by atoms with Crippen LogP contribution in [0, 0.1) is 0 Å². The van der Waals surface area contributed by atoms with Crippen LogP contribution in [0.3, 0.4) is 0 Å². The highest BCUT2D eigenvalue weighted by Crippen LogP contribution is 2.39. The van der Waals surface area contributed by atoms with Crippen LogP contribution >= 0.6 is 0 Å². The molecule has 0 bridgehead atoms. The number of hydrogen-bond acceptors (Lipinski definition) is 3. The van der Waals surface area contributed by atoms with E-state index >= 15 is 0 Å². The van der Waals surface area contributed by atoms with Gasteiger partial charge in [0.05, 0.1) is 16.7 Å². The molecule has 10 aromatic rings. The third-order valence-electron chi connectivity index (χ3n) is 10.3. The summed E-state index contributed by atoms with van der Waals surface area (Å²) in [5, 5.41) is 2.40. The maximum absolute atomic E-state index is 5.17. The Bertz CT molecular complexity index is 2940. The average molecular weight is 703 g/mol. The van der Waals surface area contributed by atoms with Crippen LogP contribution < -0.4 is 0 Å². The van der Waals surface area contributed by atoms with Crippen LogP contribution in [0.4, 0.5) is 0 Å². The summed E-state index contributed by atoms with van der Waals surface area (Å²) < 4.78 is 2.41. The van der Waals surface area contributed by atoms with Crippen molar-refractivity contribution in [2.75, 3.05) is 0 Å². The Balaban J connectivity index is 1.20. The Morgan fingerprint density at radius 2 is 0.691 bits per heavy atom. The Hall–Kier alpha value is -7.43. The van der Waals surface area contributed by atoms with E-state index in [9.17, 15) is 0 Å². The molecule has 0 saturated heterocycles. The van der Waals surface area contributed by atoms with Crippen LogP contribution in [0.1, 0.15) is 0 Å². The SMILES string of the molecule is c1ccc(-c2ccc(-c3nc(-c4ccccc4)nc(-c4ccc(-c5ccccc5)c(-n5c6ccccc6c6ccc(-c7ccccc7)cc65)c4)n3)cc2)cc1. The van der Waals surface area contributed by atoms with Crippen LogP contribution in [0.2, 0.25) is 0 Å². The Labute approximate surface area is 319 Å². The second kappa shape index (κ2) is 13.8. The quantitative estimate of drug-likeness (QED) is 0.166. The molecule has 0 atom stereocenters. The Morgan fingerprint density at radius 1 is 0.273 bits per heavy atom. The number of para-hydroxylation sites is 1. The lowest BCUT2D eigenvalue weighted by atomic mass is 10.00. The molecule has 0 amide bonds. The first-order valence-electron chi connectivity index (χ1n) is 18.5. The molecule has 0 aliphatic rings. The molecule has 258 valence electrons. The summed E-state index contributed by atoms with van der Waals surface area (Å²) in [5.41, 5.74) is 13.0. The summed E-state index contributed by atoms with van der Waals surface area (Å²) in [4.78, 5) is 15.3. The highest BCUT2D eigenvalue weighted by Gasteiger charge is 2.19. The lowest BCUT2D eigenvalue weighted by molar-refractivity contribution is 1.07. The van der Waals surface area contributed by atoms with Gasteiger partial charge in [0, 0.05) is 33.0 Å². The minimum Gasteiger partial charge on any atom is -0.309 e. The number of aromatic nitrogens is 4. The number of nitrogens with zero attached hydrogens (tertiary/aromatic N) is 4. The maximum atomic E-state index is 5.17. The monoisotopic (exact) mass is 702 g/mol. The molecule has 0 aliphatic carbocycles. The molecule has 4 heteroatoms. The number of fused-ring (bicyclic) bond motifs is 3. The summed E-state index contributed by atoms with van der Waals surface area (Å²) in [6.07, 6.45) is 0. The number of benzene rings is 8. The van der Waals surface area contributed by atoms with Gasteiger partial charge in [0.15, 0.2) is 17.5 Å². The van der Waals surface area contributed by atoms with E-state index in [2.05, 4.69) is 174 Å². The zero-order chi connectivity index (χ0) is 36.6. The smallest absolute Gasteiger partial charge is 0.164 e. The van der Waals surface area contributed by atoms with Crippen LogP contribution in [-0.2, 0) is 0 Å². The first kappa shape index (κ1) is 32.2. The second-order valence-corrected chi connectivity index (χ2v) is 13.7. The van der Waals surface area contributed by atoms with Crippen LogP contribution in [-0.4, -0.2) is 19.5 Å². The van der Waals surface area contributed by atoms with Gasteiger partial charge in [-0.25, -0.2) is 15.0 Å². The lowest BCUT2D eigenvalue weighted by Gasteiger charge is -2.17. The molecule has 0 fully saturated rings. The normalized spacial score (nSPS) is 11.3. The van der Waals surface area contributed by atoms with Gasteiger partial charge in [-0.15, -0.1) is 0 Å². The topological polar surface area (TPSA) is 43.6 Å². The van der Waals surface area contributed by atoms with Gasteiger partial charge in [0.1, 0.15) is 0 Å². The van der Waals surface area contributed by atoms with Gasteiger partial charge in [-0.05, 0) is 46.0 Å². The van der Waals surface area contributed by atoms with E-state index in [-0.39, 0.29) is 0 Å². The van der Waals surface area contributed by atoms with Gasteiger partial charge in [0.2, 0.25) is 0 Å². The molecule has 0 saturated carbocycles. The van der Waals surface area contributed by atoms with Crippen molar-refractivity contribution in [2.24, 2.45) is 0 Å². The second-order valence-electron chi connectivity index (χ2n) is 13.7. The van der Waals surface area contributed by atoms with E-state index in [1.165, 1.54) is 27.5 Å². The molecule has 2 aromatic heterocycles. The van der Waals surface area contributed by atoms with E-state index < -0.39 is 0 Å². The van der Waals surface area contributed by atoms with Crippen molar-refractivity contribution in [3.63, 3.8) is 0 Å². The van der Waals surface area contributed by atoms with Gasteiger partial charge in [-0.3, -0.25) is 0 Å². The predicted octanol–water partition coefficient (Wildman–Crippen LogP) is 13.0. The van der Waals surface area contributed by atoms with Crippen molar-refractivity contribution in [3.8, 4) is 73.2 Å². The van der Waals surface area contributed by atoms with Gasteiger partial charge < -0.3 is 4.57 Å².